The molecule has 0 saturated heterocycles. The Morgan fingerprint density at radius 1 is 0.696 bits per heavy atom. The minimum Gasteiger partial charge on any atom is -0.497 e. The summed E-state index contributed by atoms with van der Waals surface area (Å²) in [5.74, 6) is 1.11. The van der Waals surface area contributed by atoms with Crippen molar-refractivity contribution in [3.8, 4) is 28.4 Å². The number of benzene rings is 5. The lowest BCUT2D eigenvalue weighted by Gasteiger charge is -2.37. The van der Waals surface area contributed by atoms with Gasteiger partial charge in [-0.1, -0.05) is 85.8 Å². The van der Waals surface area contributed by atoms with Gasteiger partial charge in [0.2, 0.25) is 0 Å². The van der Waals surface area contributed by atoms with Gasteiger partial charge < -0.3 is 23.7 Å². The summed E-state index contributed by atoms with van der Waals surface area (Å²) in [7, 11) is 3.26. The van der Waals surface area contributed by atoms with E-state index in [0.29, 0.717) is 16.9 Å². The molecule has 0 bridgehead atoms. The summed E-state index contributed by atoms with van der Waals surface area (Å²) in [6, 6.07) is 33.2. The van der Waals surface area contributed by atoms with Crippen LogP contribution in [0.2, 0.25) is 0 Å². The van der Waals surface area contributed by atoms with Gasteiger partial charge in [-0.05, 0) is 47.4 Å². The topological polar surface area (TPSA) is 80.3 Å². The van der Waals surface area contributed by atoms with Gasteiger partial charge in [0, 0.05) is 34.1 Å². The third kappa shape index (κ3) is 5.68. The molecule has 46 heavy (non-hydrogen) atoms. The van der Waals surface area contributed by atoms with Crippen molar-refractivity contribution in [1.29, 1.82) is 0 Å². The standard InChI is InChI=1S/C39H34O7/c1-4-34(40)44-24-25-45-38(41)36-33-22-23-39(27-14-18-29(42-2)19-15-27,28-16-20-30(43-3)21-17-28)46-37(33)32-13-9-8-12-31(32)35(36)26-10-6-5-7-11-26/h5-23H,4,24-25H2,1-3H3. The van der Waals surface area contributed by atoms with Gasteiger partial charge >= 0.3 is 11.9 Å². The fraction of sp³-hybridized carbons (Fsp3) is 0.179. The summed E-state index contributed by atoms with van der Waals surface area (Å²) < 4.78 is 28.9. The Labute approximate surface area is 267 Å². The van der Waals surface area contributed by atoms with Crippen LogP contribution in [0.5, 0.6) is 17.2 Å². The van der Waals surface area contributed by atoms with E-state index in [4.69, 9.17) is 23.7 Å². The summed E-state index contributed by atoms with van der Waals surface area (Å²) in [6.45, 7) is 1.61. The van der Waals surface area contributed by atoms with Crippen LogP contribution in [0, 0.1) is 0 Å². The molecule has 6 rings (SSSR count). The summed E-state index contributed by atoms with van der Waals surface area (Å²) in [4.78, 5) is 25.7. The zero-order chi connectivity index (χ0) is 32.1. The maximum absolute atomic E-state index is 14.0. The molecule has 0 unspecified atom stereocenters. The summed E-state index contributed by atoms with van der Waals surface area (Å²) >= 11 is 0. The van der Waals surface area contributed by atoms with E-state index in [1.165, 1.54) is 0 Å². The zero-order valence-corrected chi connectivity index (χ0v) is 25.9. The van der Waals surface area contributed by atoms with Gasteiger partial charge in [-0.15, -0.1) is 0 Å². The number of carbonyl (C=O) groups excluding carboxylic acids is 2. The maximum atomic E-state index is 14.0. The van der Waals surface area contributed by atoms with Gasteiger partial charge in [-0.25, -0.2) is 4.79 Å². The first-order valence-electron chi connectivity index (χ1n) is 15.1. The van der Waals surface area contributed by atoms with Crippen molar-refractivity contribution >= 4 is 28.8 Å². The van der Waals surface area contributed by atoms with Crippen LogP contribution in [0.25, 0.3) is 28.0 Å². The molecule has 0 radical (unpaired) electrons. The minimum atomic E-state index is -1.04. The minimum absolute atomic E-state index is 0.0285. The predicted molar refractivity (Wildman–Crippen MR) is 177 cm³/mol. The second-order valence-corrected chi connectivity index (χ2v) is 10.7. The van der Waals surface area contributed by atoms with E-state index >= 15 is 0 Å². The molecule has 1 aliphatic heterocycles. The van der Waals surface area contributed by atoms with Gasteiger partial charge in [-0.2, -0.15) is 0 Å². The summed E-state index contributed by atoms with van der Waals surface area (Å²) in [5, 5.41) is 1.69. The fourth-order valence-electron chi connectivity index (χ4n) is 5.83. The average Bonchev–Trinajstić information content (AvgIpc) is 3.12. The van der Waals surface area contributed by atoms with E-state index in [2.05, 4.69) is 0 Å². The first kappa shape index (κ1) is 30.5. The van der Waals surface area contributed by atoms with Crippen molar-refractivity contribution < 1.29 is 33.3 Å². The van der Waals surface area contributed by atoms with E-state index in [-0.39, 0.29) is 25.6 Å². The molecule has 0 saturated carbocycles. The number of rotatable bonds is 10. The van der Waals surface area contributed by atoms with Gasteiger partial charge in [0.1, 0.15) is 30.5 Å². The monoisotopic (exact) mass is 614 g/mol. The molecule has 0 aromatic heterocycles. The van der Waals surface area contributed by atoms with Crippen molar-refractivity contribution in [3.63, 3.8) is 0 Å². The Kier molecular flexibility index (Phi) is 8.74. The number of methoxy groups -OCH3 is 2. The molecule has 0 aliphatic carbocycles. The van der Waals surface area contributed by atoms with Crippen molar-refractivity contribution in [1.82, 2.24) is 0 Å². The smallest absolute Gasteiger partial charge is 0.339 e. The van der Waals surface area contributed by atoms with Crippen LogP contribution in [0.15, 0.2) is 109 Å². The Hall–Kier alpha value is -5.56. The largest absolute Gasteiger partial charge is 0.497 e. The van der Waals surface area contributed by atoms with E-state index in [1.807, 2.05) is 115 Å². The summed E-state index contributed by atoms with van der Waals surface area (Å²) in [5.41, 5.74) is 3.28. The lowest BCUT2D eigenvalue weighted by molar-refractivity contribution is -0.144. The number of fused-ring (bicyclic) bond motifs is 3. The molecule has 7 heteroatoms. The van der Waals surface area contributed by atoms with E-state index in [9.17, 15) is 9.59 Å². The van der Waals surface area contributed by atoms with Gasteiger partial charge in [0.15, 0.2) is 5.60 Å². The highest BCUT2D eigenvalue weighted by atomic mass is 16.6. The second-order valence-electron chi connectivity index (χ2n) is 10.7. The van der Waals surface area contributed by atoms with E-state index in [0.717, 1.165) is 44.5 Å². The molecular formula is C39H34O7. The van der Waals surface area contributed by atoms with E-state index in [1.54, 1.807) is 21.1 Å². The van der Waals surface area contributed by atoms with Crippen molar-refractivity contribution in [2.45, 2.75) is 18.9 Å². The van der Waals surface area contributed by atoms with Crippen LogP contribution in [-0.2, 0) is 19.9 Å². The molecule has 5 aromatic rings. The Bertz CT molecular complexity index is 1840. The molecule has 7 nitrogen and oxygen atoms in total. The number of hydrogen-bond acceptors (Lipinski definition) is 7. The number of esters is 2. The highest BCUT2D eigenvalue weighted by Crippen LogP contribution is 2.49. The van der Waals surface area contributed by atoms with Crippen LogP contribution >= 0.6 is 0 Å². The van der Waals surface area contributed by atoms with Crippen molar-refractivity contribution in [3.05, 3.63) is 131 Å². The Morgan fingerprint density at radius 3 is 1.85 bits per heavy atom. The van der Waals surface area contributed by atoms with Gasteiger partial charge in [-0.3, -0.25) is 4.79 Å². The molecule has 0 amide bonds. The SMILES string of the molecule is CCC(=O)OCCOC(=O)c1c2c(c3ccccc3c1-c1ccccc1)OC(c1ccc(OC)cc1)(c1ccc(OC)cc1)C=C2. The molecule has 1 heterocycles. The van der Waals surface area contributed by atoms with Crippen LogP contribution in [-0.4, -0.2) is 39.4 Å². The normalized spacial score (nSPS) is 12.9. The quantitative estimate of drug-likeness (QED) is 0.117. The molecule has 1 aliphatic rings. The van der Waals surface area contributed by atoms with Crippen LogP contribution in [0.1, 0.15) is 40.4 Å². The lowest BCUT2D eigenvalue weighted by atomic mass is 9.81. The molecule has 0 fully saturated rings. The number of hydrogen-bond donors (Lipinski definition) is 0. The third-order valence-corrected chi connectivity index (χ3v) is 8.13. The van der Waals surface area contributed by atoms with Crippen LogP contribution in [0.3, 0.4) is 0 Å². The third-order valence-electron chi connectivity index (χ3n) is 8.13. The van der Waals surface area contributed by atoms with Gasteiger partial charge in [0.25, 0.3) is 0 Å². The second kappa shape index (κ2) is 13.2. The summed E-state index contributed by atoms with van der Waals surface area (Å²) in [6.07, 6.45) is 4.17. The fourth-order valence-corrected chi connectivity index (χ4v) is 5.83. The molecule has 232 valence electrons. The van der Waals surface area contributed by atoms with E-state index < -0.39 is 11.6 Å². The van der Waals surface area contributed by atoms with Crippen molar-refractivity contribution in [2.75, 3.05) is 27.4 Å². The highest BCUT2D eigenvalue weighted by molar-refractivity contribution is 6.14. The predicted octanol–water partition coefficient (Wildman–Crippen LogP) is 7.98. The highest BCUT2D eigenvalue weighted by Gasteiger charge is 2.40. The molecule has 0 N–H and O–H groups in total. The number of ether oxygens (including phenoxy) is 5. The molecular weight excluding hydrogens is 580 g/mol. The molecule has 0 spiro atoms. The van der Waals surface area contributed by atoms with Crippen LogP contribution in [0.4, 0.5) is 0 Å². The number of carbonyl (C=O) groups is 2. The molecule has 0 atom stereocenters. The molecule has 5 aromatic carbocycles. The van der Waals surface area contributed by atoms with Gasteiger partial charge in [0.05, 0.1) is 19.8 Å². The Morgan fingerprint density at radius 2 is 1.26 bits per heavy atom. The lowest BCUT2D eigenvalue weighted by Crippen LogP contribution is -2.35. The average molecular weight is 615 g/mol. The van der Waals surface area contributed by atoms with Crippen molar-refractivity contribution in [2.24, 2.45) is 0 Å². The Balaban J connectivity index is 1.56. The maximum Gasteiger partial charge on any atom is 0.339 e. The first-order valence-corrected chi connectivity index (χ1v) is 15.1. The van der Waals surface area contributed by atoms with Crippen LogP contribution < -0.4 is 14.2 Å². The zero-order valence-electron chi connectivity index (χ0n) is 25.9. The first-order chi connectivity index (χ1) is 22.5.